The first-order valence-corrected chi connectivity index (χ1v) is 6.27. The number of hydrogen-bond donors (Lipinski definition) is 1. The van der Waals surface area contributed by atoms with E-state index in [0.717, 1.165) is 0 Å². The number of aliphatic carboxylic acids is 1. The maximum absolute atomic E-state index is 12.0. The van der Waals surface area contributed by atoms with Crippen molar-refractivity contribution in [3.63, 3.8) is 0 Å². The Morgan fingerprint density at radius 2 is 2.16 bits per heavy atom. The van der Waals surface area contributed by atoms with Crippen molar-refractivity contribution in [1.29, 1.82) is 0 Å². The van der Waals surface area contributed by atoms with E-state index in [2.05, 4.69) is 0 Å². The first-order valence-electron chi connectivity index (χ1n) is 6.27. The lowest BCUT2D eigenvalue weighted by Crippen LogP contribution is -2.41. The molecular formula is C13H16N2O4. The van der Waals surface area contributed by atoms with Gasteiger partial charge in [0.2, 0.25) is 5.91 Å². The minimum Gasteiger partial charge on any atom is -0.480 e. The van der Waals surface area contributed by atoms with E-state index in [0.29, 0.717) is 19.4 Å². The molecule has 1 aliphatic rings. The average Bonchev–Trinajstić information content (AvgIpc) is 2.87. The molecule has 1 saturated heterocycles. The Morgan fingerprint density at radius 3 is 2.84 bits per heavy atom. The minimum absolute atomic E-state index is 0.147. The van der Waals surface area contributed by atoms with Gasteiger partial charge in [0, 0.05) is 31.8 Å². The van der Waals surface area contributed by atoms with Crippen LogP contribution < -0.4 is 5.56 Å². The maximum Gasteiger partial charge on any atom is 0.326 e. The molecule has 19 heavy (non-hydrogen) atoms. The first kappa shape index (κ1) is 13.3. The molecule has 102 valence electrons. The molecule has 0 saturated carbocycles. The average molecular weight is 264 g/mol. The molecule has 1 amide bonds. The Morgan fingerprint density at radius 1 is 1.37 bits per heavy atom. The molecule has 0 aliphatic carbocycles. The molecule has 1 aromatic heterocycles. The van der Waals surface area contributed by atoms with E-state index in [-0.39, 0.29) is 24.4 Å². The van der Waals surface area contributed by atoms with Gasteiger partial charge in [0.05, 0.1) is 0 Å². The molecule has 2 rings (SSSR count). The molecule has 1 N–H and O–H groups in total. The number of amides is 1. The SMILES string of the molecule is O=C(O)C1CCCN1C(=O)CCn1ccccc1=O. The van der Waals surface area contributed by atoms with Crippen LogP contribution in [-0.4, -0.2) is 39.0 Å². The lowest BCUT2D eigenvalue weighted by Gasteiger charge is -2.21. The molecule has 1 fully saturated rings. The van der Waals surface area contributed by atoms with Crippen molar-refractivity contribution in [3.8, 4) is 0 Å². The number of carbonyl (C=O) groups is 2. The van der Waals surface area contributed by atoms with E-state index in [9.17, 15) is 14.4 Å². The smallest absolute Gasteiger partial charge is 0.326 e. The zero-order chi connectivity index (χ0) is 13.8. The van der Waals surface area contributed by atoms with Crippen molar-refractivity contribution in [2.45, 2.75) is 31.8 Å². The number of carboxylic acids is 1. The van der Waals surface area contributed by atoms with Crippen LogP contribution in [0.15, 0.2) is 29.2 Å². The van der Waals surface area contributed by atoms with E-state index in [1.807, 2.05) is 0 Å². The second kappa shape index (κ2) is 5.69. The van der Waals surface area contributed by atoms with E-state index in [1.165, 1.54) is 15.5 Å². The fraction of sp³-hybridized carbons (Fsp3) is 0.462. The van der Waals surface area contributed by atoms with Crippen molar-refractivity contribution in [2.75, 3.05) is 6.54 Å². The van der Waals surface area contributed by atoms with E-state index >= 15 is 0 Å². The van der Waals surface area contributed by atoms with Gasteiger partial charge in [0.1, 0.15) is 6.04 Å². The summed E-state index contributed by atoms with van der Waals surface area (Å²) in [7, 11) is 0. The molecule has 0 bridgehead atoms. The molecule has 1 aliphatic heterocycles. The van der Waals surface area contributed by atoms with Gasteiger partial charge in [-0.25, -0.2) is 4.79 Å². The topological polar surface area (TPSA) is 79.6 Å². The second-order valence-corrected chi connectivity index (χ2v) is 4.57. The van der Waals surface area contributed by atoms with Crippen LogP contribution in [-0.2, 0) is 16.1 Å². The summed E-state index contributed by atoms with van der Waals surface area (Å²) in [6.45, 7) is 0.765. The number of carboxylic acid groups (broad SMARTS) is 1. The van der Waals surface area contributed by atoms with Gasteiger partial charge in [-0.1, -0.05) is 6.07 Å². The van der Waals surface area contributed by atoms with Crippen molar-refractivity contribution in [1.82, 2.24) is 9.47 Å². The fourth-order valence-corrected chi connectivity index (χ4v) is 2.33. The molecule has 0 spiro atoms. The van der Waals surface area contributed by atoms with Crippen LogP contribution in [0.2, 0.25) is 0 Å². The number of carbonyl (C=O) groups excluding carboxylic acids is 1. The molecule has 0 aromatic carbocycles. The highest BCUT2D eigenvalue weighted by Crippen LogP contribution is 2.18. The third-order valence-electron chi connectivity index (χ3n) is 3.32. The zero-order valence-electron chi connectivity index (χ0n) is 10.5. The van der Waals surface area contributed by atoms with Crippen LogP contribution in [0.4, 0.5) is 0 Å². The van der Waals surface area contributed by atoms with Crippen molar-refractivity contribution in [2.24, 2.45) is 0 Å². The minimum atomic E-state index is -0.956. The predicted molar refractivity (Wildman–Crippen MR) is 67.7 cm³/mol. The summed E-state index contributed by atoms with van der Waals surface area (Å²) in [4.78, 5) is 35.9. The summed E-state index contributed by atoms with van der Waals surface area (Å²) in [6.07, 6.45) is 2.99. The summed E-state index contributed by atoms with van der Waals surface area (Å²) >= 11 is 0. The third kappa shape index (κ3) is 3.01. The fourth-order valence-electron chi connectivity index (χ4n) is 2.33. The molecule has 0 radical (unpaired) electrons. The Balaban J connectivity index is 1.97. The monoisotopic (exact) mass is 264 g/mol. The van der Waals surface area contributed by atoms with Gasteiger partial charge in [-0.3, -0.25) is 9.59 Å². The quantitative estimate of drug-likeness (QED) is 0.849. The summed E-state index contributed by atoms with van der Waals surface area (Å²) in [5.41, 5.74) is -0.161. The maximum atomic E-state index is 12.0. The van der Waals surface area contributed by atoms with Gasteiger partial charge in [-0.05, 0) is 18.9 Å². The van der Waals surface area contributed by atoms with Crippen LogP contribution in [0.25, 0.3) is 0 Å². The highest BCUT2D eigenvalue weighted by atomic mass is 16.4. The molecule has 2 heterocycles. The normalized spacial score (nSPS) is 18.5. The summed E-state index contributed by atoms with van der Waals surface area (Å²) in [5, 5.41) is 9.01. The molecule has 1 aromatic rings. The lowest BCUT2D eigenvalue weighted by atomic mass is 10.2. The molecule has 1 unspecified atom stereocenters. The highest BCUT2D eigenvalue weighted by Gasteiger charge is 2.33. The van der Waals surface area contributed by atoms with Gasteiger partial charge in [-0.15, -0.1) is 0 Å². The number of hydrogen-bond acceptors (Lipinski definition) is 3. The first-order chi connectivity index (χ1) is 9.09. The van der Waals surface area contributed by atoms with E-state index in [1.54, 1.807) is 18.3 Å². The Hall–Kier alpha value is -2.11. The summed E-state index contributed by atoms with van der Waals surface area (Å²) < 4.78 is 1.45. The van der Waals surface area contributed by atoms with Crippen molar-refractivity contribution in [3.05, 3.63) is 34.7 Å². The molecule has 6 heteroatoms. The van der Waals surface area contributed by atoms with Crippen molar-refractivity contribution >= 4 is 11.9 Å². The third-order valence-corrected chi connectivity index (χ3v) is 3.32. The van der Waals surface area contributed by atoms with Gasteiger partial charge in [-0.2, -0.15) is 0 Å². The Kier molecular flexibility index (Phi) is 3.99. The molecule has 1 atom stereocenters. The number of aromatic nitrogens is 1. The molecular weight excluding hydrogens is 248 g/mol. The zero-order valence-corrected chi connectivity index (χ0v) is 10.5. The number of aryl methyl sites for hydroxylation is 1. The van der Waals surface area contributed by atoms with Crippen LogP contribution in [0.3, 0.4) is 0 Å². The summed E-state index contributed by atoms with van der Waals surface area (Å²) in [5.74, 6) is -1.16. The number of pyridine rings is 1. The Bertz CT molecular complexity index is 537. The van der Waals surface area contributed by atoms with Gasteiger partial charge >= 0.3 is 5.97 Å². The van der Waals surface area contributed by atoms with E-state index < -0.39 is 12.0 Å². The lowest BCUT2D eigenvalue weighted by molar-refractivity contribution is -0.148. The Labute approximate surface area is 110 Å². The van der Waals surface area contributed by atoms with Crippen LogP contribution in [0.1, 0.15) is 19.3 Å². The number of rotatable bonds is 4. The standard InChI is InChI=1S/C13H16N2O4/c16-11-5-1-2-7-14(11)9-6-12(17)15-8-3-4-10(15)13(18)19/h1-2,5,7,10H,3-4,6,8-9H2,(H,18,19). The van der Waals surface area contributed by atoms with E-state index in [4.69, 9.17) is 5.11 Å². The highest BCUT2D eigenvalue weighted by molar-refractivity contribution is 5.84. The van der Waals surface area contributed by atoms with Gasteiger partial charge < -0.3 is 14.6 Å². The number of likely N-dealkylation sites (tertiary alicyclic amines) is 1. The number of nitrogens with zero attached hydrogens (tertiary/aromatic N) is 2. The van der Waals surface area contributed by atoms with Gasteiger partial charge in [0.25, 0.3) is 5.56 Å². The van der Waals surface area contributed by atoms with Crippen LogP contribution >= 0.6 is 0 Å². The molecule has 6 nitrogen and oxygen atoms in total. The van der Waals surface area contributed by atoms with Crippen LogP contribution in [0, 0.1) is 0 Å². The predicted octanol–water partition coefficient (Wildman–Crippen LogP) is 0.314. The summed E-state index contributed by atoms with van der Waals surface area (Å²) in [6, 6.07) is 4.09. The largest absolute Gasteiger partial charge is 0.480 e. The van der Waals surface area contributed by atoms with Gasteiger partial charge in [0.15, 0.2) is 0 Å². The van der Waals surface area contributed by atoms with Crippen LogP contribution in [0.5, 0.6) is 0 Å². The second-order valence-electron chi connectivity index (χ2n) is 4.57. The van der Waals surface area contributed by atoms with Crippen molar-refractivity contribution < 1.29 is 14.7 Å².